The van der Waals surface area contributed by atoms with Gasteiger partial charge in [-0.3, -0.25) is 9.59 Å². The molecular weight excluding hydrogens is 445 g/mol. The van der Waals surface area contributed by atoms with E-state index in [1.54, 1.807) is 24.3 Å². The Balaban J connectivity index is 1.50. The lowest BCUT2D eigenvalue weighted by Gasteiger charge is -2.11. The molecule has 2 aromatic carbocycles. The highest BCUT2D eigenvalue weighted by Gasteiger charge is 2.20. The Morgan fingerprint density at radius 3 is 2.64 bits per heavy atom. The van der Waals surface area contributed by atoms with Crippen molar-refractivity contribution in [2.75, 3.05) is 19.0 Å². The van der Waals surface area contributed by atoms with Crippen LogP contribution in [0.4, 0.5) is 10.1 Å². The maximum atomic E-state index is 13.4. The zero-order chi connectivity index (χ0) is 23.4. The molecule has 0 fully saturated rings. The van der Waals surface area contributed by atoms with Crippen LogP contribution in [0.2, 0.25) is 0 Å². The Kier molecular flexibility index (Phi) is 6.45. The fourth-order valence-electron chi connectivity index (χ4n) is 3.09. The highest BCUT2D eigenvalue weighted by Crippen LogP contribution is 2.26. The van der Waals surface area contributed by atoms with Gasteiger partial charge in [-0.25, -0.2) is 14.1 Å². The quantitative estimate of drug-likeness (QED) is 0.432. The Morgan fingerprint density at radius 1 is 1.15 bits per heavy atom. The SMILES string of the molecule is COc1ccc(C)cc1NC(=O)CNC(=O)c1nc(-c2cccs2)n(-c2ccc(F)cc2)n1. The molecule has 2 amide bonds. The van der Waals surface area contributed by atoms with Crippen LogP contribution in [0, 0.1) is 12.7 Å². The number of aryl methyl sites for hydroxylation is 1. The van der Waals surface area contributed by atoms with Crippen molar-refractivity contribution in [1.29, 1.82) is 0 Å². The highest BCUT2D eigenvalue weighted by molar-refractivity contribution is 7.13. The number of rotatable bonds is 7. The lowest BCUT2D eigenvalue weighted by molar-refractivity contribution is -0.115. The molecule has 4 rings (SSSR count). The van der Waals surface area contributed by atoms with Crippen molar-refractivity contribution in [3.63, 3.8) is 0 Å². The van der Waals surface area contributed by atoms with E-state index in [4.69, 9.17) is 4.74 Å². The van der Waals surface area contributed by atoms with Crippen LogP contribution >= 0.6 is 11.3 Å². The minimum Gasteiger partial charge on any atom is -0.495 e. The molecule has 0 aliphatic carbocycles. The van der Waals surface area contributed by atoms with Crippen LogP contribution in [-0.4, -0.2) is 40.2 Å². The van der Waals surface area contributed by atoms with Gasteiger partial charge in [-0.05, 0) is 60.3 Å². The molecule has 4 aromatic rings. The summed E-state index contributed by atoms with van der Waals surface area (Å²) in [6.45, 7) is 1.61. The average molecular weight is 466 g/mol. The molecule has 0 spiro atoms. The molecule has 2 heterocycles. The number of thiophene rings is 1. The second kappa shape index (κ2) is 9.61. The van der Waals surface area contributed by atoms with Crippen molar-refractivity contribution in [2.24, 2.45) is 0 Å². The number of halogens is 1. The Bertz CT molecular complexity index is 1290. The number of carbonyl (C=O) groups is 2. The molecule has 33 heavy (non-hydrogen) atoms. The number of benzene rings is 2. The summed E-state index contributed by atoms with van der Waals surface area (Å²) in [6, 6.07) is 14.8. The number of methoxy groups -OCH3 is 1. The maximum absolute atomic E-state index is 13.4. The van der Waals surface area contributed by atoms with E-state index in [0.717, 1.165) is 10.4 Å². The van der Waals surface area contributed by atoms with Crippen molar-refractivity contribution in [2.45, 2.75) is 6.92 Å². The fourth-order valence-corrected chi connectivity index (χ4v) is 3.79. The third kappa shape index (κ3) is 5.07. The van der Waals surface area contributed by atoms with Gasteiger partial charge in [-0.2, -0.15) is 0 Å². The molecule has 0 aliphatic rings. The van der Waals surface area contributed by atoms with Gasteiger partial charge in [0.2, 0.25) is 11.7 Å². The molecule has 8 nitrogen and oxygen atoms in total. The molecular formula is C23H20FN5O3S. The zero-order valence-electron chi connectivity index (χ0n) is 17.8. The van der Waals surface area contributed by atoms with Gasteiger partial charge >= 0.3 is 0 Å². The zero-order valence-corrected chi connectivity index (χ0v) is 18.6. The number of nitrogens with zero attached hydrogens (tertiary/aromatic N) is 3. The van der Waals surface area contributed by atoms with Crippen LogP contribution in [-0.2, 0) is 4.79 Å². The minimum atomic E-state index is -0.611. The minimum absolute atomic E-state index is 0.108. The number of ether oxygens (including phenoxy) is 1. The molecule has 0 aliphatic heterocycles. The van der Waals surface area contributed by atoms with Crippen LogP contribution in [0.3, 0.4) is 0 Å². The third-order valence-electron chi connectivity index (χ3n) is 4.66. The van der Waals surface area contributed by atoms with Crippen LogP contribution in [0.5, 0.6) is 5.75 Å². The molecule has 0 atom stereocenters. The van der Waals surface area contributed by atoms with Crippen molar-refractivity contribution in [3.05, 3.63) is 77.2 Å². The first-order valence-corrected chi connectivity index (χ1v) is 10.8. The van der Waals surface area contributed by atoms with Crippen LogP contribution in [0.1, 0.15) is 16.2 Å². The summed E-state index contributed by atoms with van der Waals surface area (Å²) < 4.78 is 20.1. The molecule has 10 heteroatoms. The number of hydrogen-bond donors (Lipinski definition) is 2. The first-order valence-electron chi connectivity index (χ1n) is 9.94. The Morgan fingerprint density at radius 2 is 1.94 bits per heavy atom. The molecule has 0 saturated heterocycles. The Hall–Kier alpha value is -4.05. The number of hydrogen-bond acceptors (Lipinski definition) is 6. The van der Waals surface area contributed by atoms with Gasteiger partial charge in [-0.1, -0.05) is 12.1 Å². The molecule has 168 valence electrons. The number of anilines is 1. The van der Waals surface area contributed by atoms with Gasteiger partial charge in [-0.15, -0.1) is 16.4 Å². The number of amides is 2. The molecule has 0 bridgehead atoms. The van der Waals surface area contributed by atoms with Gasteiger partial charge in [0.1, 0.15) is 11.6 Å². The molecule has 0 saturated carbocycles. The first kappa shape index (κ1) is 22.2. The molecule has 2 N–H and O–H groups in total. The molecule has 2 aromatic heterocycles. The van der Waals surface area contributed by atoms with E-state index in [-0.39, 0.29) is 18.2 Å². The van der Waals surface area contributed by atoms with E-state index in [2.05, 4.69) is 20.7 Å². The fraction of sp³-hybridized carbons (Fsp3) is 0.130. The molecule has 0 unspecified atom stereocenters. The van der Waals surface area contributed by atoms with Crippen molar-refractivity contribution in [1.82, 2.24) is 20.1 Å². The summed E-state index contributed by atoms with van der Waals surface area (Å²) >= 11 is 1.43. The number of aromatic nitrogens is 3. The van der Waals surface area contributed by atoms with Gasteiger partial charge in [0.25, 0.3) is 5.91 Å². The lowest BCUT2D eigenvalue weighted by atomic mass is 10.2. The topological polar surface area (TPSA) is 98.1 Å². The van der Waals surface area contributed by atoms with Gasteiger partial charge in [0, 0.05) is 0 Å². The normalized spacial score (nSPS) is 10.6. The van der Waals surface area contributed by atoms with Crippen LogP contribution in [0.25, 0.3) is 16.4 Å². The first-order chi connectivity index (χ1) is 15.9. The number of carbonyl (C=O) groups excluding carboxylic acids is 2. The van der Waals surface area contributed by atoms with E-state index < -0.39 is 11.8 Å². The predicted molar refractivity (Wildman–Crippen MR) is 123 cm³/mol. The second-order valence-electron chi connectivity index (χ2n) is 7.06. The van der Waals surface area contributed by atoms with Gasteiger partial charge in [0.15, 0.2) is 5.82 Å². The van der Waals surface area contributed by atoms with E-state index in [1.165, 1.54) is 35.3 Å². The highest BCUT2D eigenvalue weighted by atomic mass is 32.1. The monoisotopic (exact) mass is 465 g/mol. The van der Waals surface area contributed by atoms with E-state index in [0.29, 0.717) is 22.9 Å². The summed E-state index contributed by atoms with van der Waals surface area (Å²) in [5.41, 5.74) is 2.01. The van der Waals surface area contributed by atoms with E-state index in [1.807, 2.05) is 30.5 Å². The standard InChI is InChI=1S/C23H20FN5O3S/c1-14-5-10-18(32-2)17(12-14)26-20(30)13-25-23(31)21-27-22(19-4-3-11-33-19)29(28-21)16-8-6-15(24)7-9-16/h3-12H,13H2,1-2H3,(H,25,31)(H,26,30). The smallest absolute Gasteiger partial charge is 0.291 e. The van der Waals surface area contributed by atoms with Crippen molar-refractivity contribution >= 4 is 28.8 Å². The molecule has 0 radical (unpaired) electrons. The van der Waals surface area contributed by atoms with Crippen molar-refractivity contribution in [3.8, 4) is 22.1 Å². The summed E-state index contributed by atoms with van der Waals surface area (Å²) in [5.74, 6) is -0.575. The summed E-state index contributed by atoms with van der Waals surface area (Å²) in [5, 5.41) is 11.4. The number of nitrogens with one attached hydrogen (secondary N) is 2. The van der Waals surface area contributed by atoms with Crippen LogP contribution < -0.4 is 15.4 Å². The summed E-state index contributed by atoms with van der Waals surface area (Å²) in [7, 11) is 1.51. The maximum Gasteiger partial charge on any atom is 0.291 e. The lowest BCUT2D eigenvalue weighted by Crippen LogP contribution is -2.33. The summed E-state index contributed by atoms with van der Waals surface area (Å²) in [4.78, 5) is 30.2. The summed E-state index contributed by atoms with van der Waals surface area (Å²) in [6.07, 6.45) is 0. The van der Waals surface area contributed by atoms with E-state index >= 15 is 0 Å². The van der Waals surface area contributed by atoms with E-state index in [9.17, 15) is 14.0 Å². The largest absolute Gasteiger partial charge is 0.495 e. The predicted octanol–water partition coefficient (Wildman–Crippen LogP) is 3.82. The third-order valence-corrected chi connectivity index (χ3v) is 5.53. The van der Waals surface area contributed by atoms with Gasteiger partial charge in [0.05, 0.1) is 29.9 Å². The average Bonchev–Trinajstić information content (AvgIpc) is 3.48. The second-order valence-corrected chi connectivity index (χ2v) is 8.01. The van der Waals surface area contributed by atoms with Gasteiger partial charge < -0.3 is 15.4 Å². The Labute approximate surface area is 193 Å². The van der Waals surface area contributed by atoms with Crippen LogP contribution in [0.15, 0.2) is 60.0 Å². The van der Waals surface area contributed by atoms with Crippen molar-refractivity contribution < 1.29 is 18.7 Å².